The first-order chi connectivity index (χ1) is 7.68. The molecule has 3 heteroatoms. The van der Waals surface area contributed by atoms with Crippen LogP contribution >= 0.6 is 0 Å². The standard InChI is InChI=1S/C13H19FN2/c1-10-7-15-8-11(2)16(9-10)13-6-4-3-5-12(13)14/h3-6,10-11,15H,7-9H2,1-2H3. The lowest BCUT2D eigenvalue weighted by Gasteiger charge is -2.30. The quantitative estimate of drug-likeness (QED) is 0.784. The van der Waals surface area contributed by atoms with Crippen LogP contribution in [0.25, 0.3) is 0 Å². The second-order valence-electron chi connectivity index (χ2n) is 4.72. The van der Waals surface area contributed by atoms with Crippen LogP contribution in [0.3, 0.4) is 0 Å². The Bertz CT molecular complexity index is 354. The molecule has 0 amide bonds. The summed E-state index contributed by atoms with van der Waals surface area (Å²) in [5.74, 6) is 0.424. The molecule has 2 rings (SSSR count). The van der Waals surface area contributed by atoms with Gasteiger partial charge in [0.25, 0.3) is 0 Å². The number of nitrogens with zero attached hydrogens (tertiary/aromatic N) is 1. The van der Waals surface area contributed by atoms with Gasteiger partial charge in [-0.3, -0.25) is 0 Å². The Labute approximate surface area is 96.5 Å². The van der Waals surface area contributed by atoms with Crippen LogP contribution in [0.4, 0.5) is 10.1 Å². The van der Waals surface area contributed by atoms with Gasteiger partial charge in [-0.05, 0) is 31.5 Å². The smallest absolute Gasteiger partial charge is 0.146 e. The zero-order valence-electron chi connectivity index (χ0n) is 9.91. The van der Waals surface area contributed by atoms with Crippen molar-refractivity contribution in [2.45, 2.75) is 19.9 Å². The van der Waals surface area contributed by atoms with Gasteiger partial charge in [0.2, 0.25) is 0 Å². The largest absolute Gasteiger partial charge is 0.365 e. The van der Waals surface area contributed by atoms with Crippen LogP contribution in [0, 0.1) is 11.7 Å². The van der Waals surface area contributed by atoms with Crippen LogP contribution < -0.4 is 10.2 Å². The van der Waals surface area contributed by atoms with E-state index in [0.29, 0.717) is 12.0 Å². The maximum Gasteiger partial charge on any atom is 0.146 e. The van der Waals surface area contributed by atoms with Crippen molar-refractivity contribution in [1.29, 1.82) is 0 Å². The second-order valence-corrected chi connectivity index (χ2v) is 4.72. The minimum absolute atomic E-state index is 0.122. The van der Waals surface area contributed by atoms with E-state index in [2.05, 4.69) is 24.1 Å². The summed E-state index contributed by atoms with van der Waals surface area (Å²) in [6.07, 6.45) is 0. The predicted molar refractivity (Wildman–Crippen MR) is 65.2 cm³/mol. The molecular formula is C13H19FN2. The van der Waals surface area contributed by atoms with Crippen LogP contribution in [-0.2, 0) is 0 Å². The SMILES string of the molecule is CC1CNCC(C)N(c2ccccc2F)C1. The summed E-state index contributed by atoms with van der Waals surface area (Å²) in [5, 5.41) is 3.40. The molecule has 0 spiro atoms. The molecule has 1 saturated heterocycles. The number of benzene rings is 1. The van der Waals surface area contributed by atoms with E-state index in [-0.39, 0.29) is 5.82 Å². The molecule has 0 bridgehead atoms. The monoisotopic (exact) mass is 222 g/mol. The number of anilines is 1. The lowest BCUT2D eigenvalue weighted by molar-refractivity contribution is 0.555. The van der Waals surface area contributed by atoms with E-state index >= 15 is 0 Å². The van der Waals surface area contributed by atoms with Gasteiger partial charge in [0.05, 0.1) is 5.69 Å². The average Bonchev–Trinajstić information content (AvgIpc) is 2.42. The van der Waals surface area contributed by atoms with Crippen molar-refractivity contribution in [3.63, 3.8) is 0 Å². The summed E-state index contributed by atoms with van der Waals surface area (Å²) in [7, 11) is 0. The number of para-hydroxylation sites is 1. The molecule has 16 heavy (non-hydrogen) atoms. The highest BCUT2D eigenvalue weighted by molar-refractivity contribution is 5.48. The fourth-order valence-corrected chi connectivity index (χ4v) is 2.25. The number of hydrogen-bond acceptors (Lipinski definition) is 2. The summed E-state index contributed by atoms with van der Waals surface area (Å²) in [6, 6.07) is 7.37. The van der Waals surface area contributed by atoms with Crippen LogP contribution in [0.5, 0.6) is 0 Å². The molecule has 1 heterocycles. The van der Waals surface area contributed by atoms with E-state index in [9.17, 15) is 4.39 Å². The van der Waals surface area contributed by atoms with Gasteiger partial charge in [0, 0.05) is 19.1 Å². The van der Waals surface area contributed by atoms with Gasteiger partial charge >= 0.3 is 0 Å². The Balaban J connectivity index is 2.26. The summed E-state index contributed by atoms with van der Waals surface area (Å²) in [4.78, 5) is 2.17. The summed E-state index contributed by atoms with van der Waals surface area (Å²) < 4.78 is 13.7. The Kier molecular flexibility index (Phi) is 3.44. The molecule has 2 unspecified atom stereocenters. The summed E-state index contributed by atoms with van der Waals surface area (Å²) in [5.41, 5.74) is 0.727. The van der Waals surface area contributed by atoms with E-state index in [1.54, 1.807) is 6.07 Å². The van der Waals surface area contributed by atoms with Gasteiger partial charge in [-0.1, -0.05) is 19.1 Å². The second kappa shape index (κ2) is 4.83. The fraction of sp³-hybridized carbons (Fsp3) is 0.538. The van der Waals surface area contributed by atoms with Crippen LogP contribution in [0.15, 0.2) is 24.3 Å². The molecule has 2 atom stereocenters. The molecule has 0 aliphatic carbocycles. The molecule has 0 radical (unpaired) electrons. The van der Waals surface area contributed by atoms with Gasteiger partial charge < -0.3 is 10.2 Å². The van der Waals surface area contributed by atoms with E-state index in [1.807, 2.05) is 12.1 Å². The topological polar surface area (TPSA) is 15.3 Å². The number of hydrogen-bond donors (Lipinski definition) is 1. The van der Waals surface area contributed by atoms with Crippen LogP contribution in [-0.4, -0.2) is 25.7 Å². The van der Waals surface area contributed by atoms with Crippen molar-refractivity contribution >= 4 is 5.69 Å². The number of rotatable bonds is 1. The molecular weight excluding hydrogens is 203 g/mol. The van der Waals surface area contributed by atoms with Gasteiger partial charge in [-0.25, -0.2) is 4.39 Å². The summed E-state index contributed by atoms with van der Waals surface area (Å²) >= 11 is 0. The molecule has 1 aromatic rings. The maximum absolute atomic E-state index is 13.7. The first-order valence-electron chi connectivity index (χ1n) is 5.90. The third-order valence-electron chi connectivity index (χ3n) is 3.13. The van der Waals surface area contributed by atoms with Crippen molar-refractivity contribution < 1.29 is 4.39 Å². The zero-order valence-corrected chi connectivity index (χ0v) is 9.91. The third-order valence-corrected chi connectivity index (χ3v) is 3.13. The first kappa shape index (κ1) is 11.4. The van der Waals surface area contributed by atoms with Gasteiger partial charge in [-0.15, -0.1) is 0 Å². The molecule has 1 fully saturated rings. The van der Waals surface area contributed by atoms with Crippen molar-refractivity contribution in [2.24, 2.45) is 5.92 Å². The number of nitrogens with one attached hydrogen (secondary N) is 1. The highest BCUT2D eigenvalue weighted by atomic mass is 19.1. The van der Waals surface area contributed by atoms with Gasteiger partial charge in [-0.2, -0.15) is 0 Å². The van der Waals surface area contributed by atoms with Crippen molar-refractivity contribution in [2.75, 3.05) is 24.5 Å². The molecule has 0 aromatic heterocycles. The van der Waals surface area contributed by atoms with Crippen LogP contribution in [0.2, 0.25) is 0 Å². The molecule has 1 aliphatic rings. The van der Waals surface area contributed by atoms with Crippen molar-refractivity contribution in [3.8, 4) is 0 Å². The molecule has 1 aromatic carbocycles. The van der Waals surface area contributed by atoms with E-state index in [1.165, 1.54) is 6.07 Å². The number of halogens is 1. The van der Waals surface area contributed by atoms with E-state index in [4.69, 9.17) is 0 Å². The minimum Gasteiger partial charge on any atom is -0.365 e. The van der Waals surface area contributed by atoms with Gasteiger partial charge in [0.1, 0.15) is 5.82 Å². The molecule has 88 valence electrons. The van der Waals surface area contributed by atoms with Crippen LogP contribution in [0.1, 0.15) is 13.8 Å². The highest BCUT2D eigenvalue weighted by Gasteiger charge is 2.22. The Morgan fingerprint density at radius 3 is 2.75 bits per heavy atom. The maximum atomic E-state index is 13.7. The minimum atomic E-state index is -0.122. The Hall–Kier alpha value is -1.09. The molecule has 0 saturated carbocycles. The first-order valence-corrected chi connectivity index (χ1v) is 5.90. The highest BCUT2D eigenvalue weighted by Crippen LogP contribution is 2.23. The van der Waals surface area contributed by atoms with Crippen molar-refractivity contribution in [1.82, 2.24) is 5.32 Å². The fourth-order valence-electron chi connectivity index (χ4n) is 2.25. The molecule has 2 nitrogen and oxygen atoms in total. The third kappa shape index (κ3) is 2.35. The zero-order chi connectivity index (χ0) is 11.5. The lowest BCUT2D eigenvalue weighted by atomic mass is 10.1. The van der Waals surface area contributed by atoms with E-state index < -0.39 is 0 Å². The normalized spacial score (nSPS) is 26.6. The molecule has 1 N–H and O–H groups in total. The Morgan fingerprint density at radius 1 is 1.25 bits per heavy atom. The van der Waals surface area contributed by atoms with Gasteiger partial charge in [0.15, 0.2) is 0 Å². The van der Waals surface area contributed by atoms with Crippen molar-refractivity contribution in [3.05, 3.63) is 30.1 Å². The predicted octanol–water partition coefficient (Wildman–Crippen LogP) is 2.26. The molecule has 1 aliphatic heterocycles. The Morgan fingerprint density at radius 2 is 2.00 bits per heavy atom. The lowest BCUT2D eigenvalue weighted by Crippen LogP contribution is -2.38. The average molecular weight is 222 g/mol. The van der Waals surface area contributed by atoms with E-state index in [0.717, 1.165) is 25.3 Å². The summed E-state index contributed by atoms with van der Waals surface area (Å²) in [6.45, 7) is 7.17.